The molecular formula is C11H15N5O. The summed E-state index contributed by atoms with van der Waals surface area (Å²) in [5, 5.41) is 16.9. The highest BCUT2D eigenvalue weighted by Gasteiger charge is 2.13. The van der Waals surface area contributed by atoms with Gasteiger partial charge in [-0.1, -0.05) is 6.07 Å². The van der Waals surface area contributed by atoms with Gasteiger partial charge in [0.1, 0.15) is 17.8 Å². The Morgan fingerprint density at radius 3 is 3.00 bits per heavy atom. The molecule has 17 heavy (non-hydrogen) atoms. The summed E-state index contributed by atoms with van der Waals surface area (Å²) in [5.74, 6) is 1.12. The van der Waals surface area contributed by atoms with Crippen molar-refractivity contribution in [1.29, 1.82) is 0 Å². The summed E-state index contributed by atoms with van der Waals surface area (Å²) in [6.45, 7) is 2.12. The van der Waals surface area contributed by atoms with Crippen LogP contribution in [0.25, 0.3) is 11.5 Å². The number of hydrogen-bond donors (Lipinski definition) is 2. The Balaban J connectivity index is 2.36. The van der Waals surface area contributed by atoms with Gasteiger partial charge in [0.25, 0.3) is 0 Å². The Kier molecular flexibility index (Phi) is 3.34. The number of anilines is 1. The van der Waals surface area contributed by atoms with Crippen molar-refractivity contribution in [2.24, 2.45) is 0 Å². The first-order chi connectivity index (χ1) is 8.22. The van der Waals surface area contributed by atoms with Crippen molar-refractivity contribution >= 4 is 5.82 Å². The quantitative estimate of drug-likeness (QED) is 0.817. The Labute approximate surface area is 99.1 Å². The predicted molar refractivity (Wildman–Crippen MR) is 64.1 cm³/mol. The topological polar surface area (TPSA) is 89.8 Å². The van der Waals surface area contributed by atoms with Crippen molar-refractivity contribution in [3.05, 3.63) is 24.5 Å². The molecule has 1 atom stereocenters. The highest BCUT2D eigenvalue weighted by Crippen LogP contribution is 2.20. The fourth-order valence-electron chi connectivity index (χ4n) is 1.65. The number of aliphatic hydroxyl groups is 1. The maximum atomic E-state index is 8.95. The average Bonchev–Trinajstić information content (AvgIpc) is 2.78. The van der Waals surface area contributed by atoms with Crippen LogP contribution >= 0.6 is 0 Å². The normalized spacial score (nSPS) is 12.6. The third kappa shape index (κ3) is 2.42. The molecule has 3 N–H and O–H groups in total. The van der Waals surface area contributed by atoms with Gasteiger partial charge >= 0.3 is 0 Å². The molecule has 6 heteroatoms. The van der Waals surface area contributed by atoms with Crippen molar-refractivity contribution in [2.75, 3.05) is 12.3 Å². The Morgan fingerprint density at radius 2 is 2.29 bits per heavy atom. The Morgan fingerprint density at radius 1 is 1.47 bits per heavy atom. The highest BCUT2D eigenvalue weighted by molar-refractivity contribution is 5.52. The lowest BCUT2D eigenvalue weighted by Gasteiger charge is -2.13. The van der Waals surface area contributed by atoms with E-state index < -0.39 is 0 Å². The first-order valence-electron chi connectivity index (χ1n) is 5.45. The molecule has 0 amide bonds. The van der Waals surface area contributed by atoms with Crippen LogP contribution in [0.4, 0.5) is 5.82 Å². The minimum Gasteiger partial charge on any atom is -0.396 e. The molecule has 0 unspecified atom stereocenters. The van der Waals surface area contributed by atoms with E-state index in [1.165, 1.54) is 0 Å². The minimum atomic E-state index is 0.119. The van der Waals surface area contributed by atoms with Gasteiger partial charge < -0.3 is 15.4 Å². The van der Waals surface area contributed by atoms with Gasteiger partial charge in [-0.05, 0) is 25.5 Å². The fraction of sp³-hybridized carbons (Fsp3) is 0.364. The SMILES string of the molecule is C[C@H](CCO)n1cnnc1-c1cccc(N)n1. The van der Waals surface area contributed by atoms with Crippen LogP contribution in [-0.2, 0) is 0 Å². The van der Waals surface area contributed by atoms with Crippen LogP contribution in [-0.4, -0.2) is 31.5 Å². The van der Waals surface area contributed by atoms with Crippen LogP contribution in [0.15, 0.2) is 24.5 Å². The molecular weight excluding hydrogens is 218 g/mol. The van der Waals surface area contributed by atoms with E-state index in [9.17, 15) is 0 Å². The maximum absolute atomic E-state index is 8.95. The predicted octanol–water partition coefficient (Wildman–Crippen LogP) is 0.866. The van der Waals surface area contributed by atoms with Crippen LogP contribution in [0.5, 0.6) is 0 Å². The van der Waals surface area contributed by atoms with Crippen molar-refractivity contribution in [3.63, 3.8) is 0 Å². The molecule has 2 rings (SSSR count). The number of aliphatic hydroxyl groups excluding tert-OH is 1. The van der Waals surface area contributed by atoms with Gasteiger partial charge in [0.15, 0.2) is 5.82 Å². The molecule has 0 radical (unpaired) electrons. The van der Waals surface area contributed by atoms with E-state index >= 15 is 0 Å². The Bertz CT molecular complexity index is 496. The lowest BCUT2D eigenvalue weighted by Crippen LogP contribution is -2.08. The van der Waals surface area contributed by atoms with E-state index in [-0.39, 0.29) is 12.6 Å². The largest absolute Gasteiger partial charge is 0.396 e. The average molecular weight is 233 g/mol. The summed E-state index contributed by atoms with van der Waals surface area (Å²) >= 11 is 0. The molecule has 90 valence electrons. The standard InChI is InChI=1S/C11H15N5O/c1-8(5-6-17)16-7-13-15-11(16)9-3-2-4-10(12)14-9/h2-4,7-8,17H,5-6H2,1H3,(H2,12,14)/t8-/m1/s1. The summed E-state index contributed by atoms with van der Waals surface area (Å²) < 4.78 is 1.89. The van der Waals surface area contributed by atoms with Crippen molar-refractivity contribution in [1.82, 2.24) is 19.7 Å². The first kappa shape index (κ1) is 11.5. The van der Waals surface area contributed by atoms with E-state index in [1.807, 2.05) is 23.6 Å². The van der Waals surface area contributed by atoms with Gasteiger partial charge in [0.2, 0.25) is 0 Å². The van der Waals surface area contributed by atoms with Gasteiger partial charge in [0.05, 0.1) is 0 Å². The number of nitrogens with two attached hydrogens (primary N) is 1. The van der Waals surface area contributed by atoms with Gasteiger partial charge in [-0.25, -0.2) is 4.98 Å². The summed E-state index contributed by atoms with van der Waals surface area (Å²) in [7, 11) is 0. The zero-order valence-corrected chi connectivity index (χ0v) is 9.61. The molecule has 0 aromatic carbocycles. The molecule has 2 heterocycles. The second-order valence-electron chi connectivity index (χ2n) is 3.87. The van der Waals surface area contributed by atoms with E-state index in [1.54, 1.807) is 12.4 Å². The lowest BCUT2D eigenvalue weighted by molar-refractivity contribution is 0.263. The minimum absolute atomic E-state index is 0.119. The van der Waals surface area contributed by atoms with E-state index in [0.29, 0.717) is 23.8 Å². The highest BCUT2D eigenvalue weighted by atomic mass is 16.3. The molecule has 2 aromatic rings. The zero-order chi connectivity index (χ0) is 12.3. The van der Waals surface area contributed by atoms with Crippen molar-refractivity contribution < 1.29 is 5.11 Å². The van der Waals surface area contributed by atoms with Crippen molar-refractivity contribution in [2.45, 2.75) is 19.4 Å². The summed E-state index contributed by atoms with van der Waals surface area (Å²) in [5.41, 5.74) is 6.33. The maximum Gasteiger partial charge on any atom is 0.182 e. The number of pyridine rings is 1. The van der Waals surface area contributed by atoms with Crippen LogP contribution in [0.1, 0.15) is 19.4 Å². The number of nitrogen functional groups attached to an aromatic ring is 1. The van der Waals surface area contributed by atoms with Crippen LogP contribution in [0.2, 0.25) is 0 Å². The fourth-order valence-corrected chi connectivity index (χ4v) is 1.65. The summed E-state index contributed by atoms with van der Waals surface area (Å²) in [6.07, 6.45) is 2.29. The third-order valence-corrected chi connectivity index (χ3v) is 2.59. The lowest BCUT2D eigenvalue weighted by atomic mass is 10.2. The van der Waals surface area contributed by atoms with E-state index in [2.05, 4.69) is 15.2 Å². The number of aromatic nitrogens is 4. The third-order valence-electron chi connectivity index (χ3n) is 2.59. The van der Waals surface area contributed by atoms with Crippen LogP contribution in [0.3, 0.4) is 0 Å². The van der Waals surface area contributed by atoms with Crippen LogP contribution < -0.4 is 5.73 Å². The molecule has 0 bridgehead atoms. The number of nitrogens with zero attached hydrogens (tertiary/aromatic N) is 4. The second-order valence-corrected chi connectivity index (χ2v) is 3.87. The van der Waals surface area contributed by atoms with Gasteiger partial charge in [-0.2, -0.15) is 0 Å². The Hall–Kier alpha value is -1.95. The molecule has 0 spiro atoms. The smallest absolute Gasteiger partial charge is 0.182 e. The summed E-state index contributed by atoms with van der Waals surface area (Å²) in [4.78, 5) is 4.21. The zero-order valence-electron chi connectivity index (χ0n) is 9.61. The summed E-state index contributed by atoms with van der Waals surface area (Å²) in [6, 6.07) is 5.50. The number of rotatable bonds is 4. The second kappa shape index (κ2) is 4.92. The number of hydrogen-bond acceptors (Lipinski definition) is 5. The van der Waals surface area contributed by atoms with Gasteiger partial charge in [-0.15, -0.1) is 10.2 Å². The van der Waals surface area contributed by atoms with Gasteiger partial charge in [-0.3, -0.25) is 0 Å². The van der Waals surface area contributed by atoms with Gasteiger partial charge in [0, 0.05) is 12.6 Å². The molecule has 2 aromatic heterocycles. The molecule has 0 aliphatic carbocycles. The molecule has 0 fully saturated rings. The van der Waals surface area contributed by atoms with E-state index in [0.717, 1.165) is 0 Å². The monoisotopic (exact) mass is 233 g/mol. The van der Waals surface area contributed by atoms with Crippen LogP contribution in [0, 0.1) is 0 Å². The van der Waals surface area contributed by atoms with E-state index in [4.69, 9.17) is 10.8 Å². The molecule has 0 aliphatic rings. The first-order valence-corrected chi connectivity index (χ1v) is 5.45. The molecule has 0 saturated heterocycles. The van der Waals surface area contributed by atoms with Crippen molar-refractivity contribution in [3.8, 4) is 11.5 Å². The molecule has 6 nitrogen and oxygen atoms in total. The molecule has 0 aliphatic heterocycles. The molecule has 0 saturated carbocycles.